The molecule has 26 heavy (non-hydrogen) atoms. The highest BCUT2D eigenvalue weighted by molar-refractivity contribution is 7.91. The summed E-state index contributed by atoms with van der Waals surface area (Å²) in [7, 11) is -1.91. The molecule has 0 aliphatic carbocycles. The molecule has 2 aromatic carbocycles. The molecule has 0 fully saturated rings. The third-order valence-corrected chi connectivity index (χ3v) is 5.56. The zero-order valence-electron chi connectivity index (χ0n) is 14.4. The van der Waals surface area contributed by atoms with E-state index in [0.717, 1.165) is 5.56 Å². The number of nitrogens with one attached hydrogen (secondary N) is 1. The van der Waals surface area contributed by atoms with Crippen molar-refractivity contribution in [3.05, 3.63) is 59.2 Å². The van der Waals surface area contributed by atoms with Gasteiger partial charge in [-0.2, -0.15) is 0 Å². The number of benzene rings is 2. The molecule has 7 nitrogen and oxygen atoms in total. The van der Waals surface area contributed by atoms with Crippen LogP contribution in [0.15, 0.2) is 47.4 Å². The van der Waals surface area contributed by atoms with Crippen LogP contribution in [-0.4, -0.2) is 38.3 Å². The van der Waals surface area contributed by atoms with Gasteiger partial charge in [0.2, 0.25) is 0 Å². The van der Waals surface area contributed by atoms with Gasteiger partial charge in [0.05, 0.1) is 17.8 Å². The fourth-order valence-corrected chi connectivity index (χ4v) is 3.17. The highest BCUT2D eigenvalue weighted by Crippen LogP contribution is 2.20. The largest absolute Gasteiger partial charge is 0.496 e. The summed E-state index contributed by atoms with van der Waals surface area (Å²) in [5.41, 5.74) is 0.808. The van der Waals surface area contributed by atoms with Gasteiger partial charge in [-0.3, -0.25) is 4.79 Å². The van der Waals surface area contributed by atoms with Gasteiger partial charge in [0, 0.05) is 12.1 Å². The van der Waals surface area contributed by atoms with Crippen molar-refractivity contribution in [2.24, 2.45) is 0 Å². The number of carbonyl (C=O) groups is 2. The Morgan fingerprint density at radius 1 is 1.12 bits per heavy atom. The molecule has 1 amide bonds. The standard InChI is InChI=1S/C18H19NO6S/c1-3-26(23,24)14-7-4-12(5-8-14)11-19-17(20)13-6-9-16(25-2)15(10-13)18(21)22/h4-10H,3,11H2,1-2H3,(H,19,20)(H,21,22). The lowest BCUT2D eigenvalue weighted by Crippen LogP contribution is -2.23. The van der Waals surface area contributed by atoms with E-state index in [1.807, 2.05) is 0 Å². The fraction of sp³-hybridized carbons (Fsp3) is 0.222. The molecular formula is C18H19NO6S. The number of ether oxygens (including phenoxy) is 1. The minimum Gasteiger partial charge on any atom is -0.496 e. The summed E-state index contributed by atoms with van der Waals surface area (Å²) in [6.07, 6.45) is 0. The smallest absolute Gasteiger partial charge is 0.339 e. The van der Waals surface area contributed by atoms with Gasteiger partial charge in [-0.15, -0.1) is 0 Å². The molecule has 0 unspecified atom stereocenters. The summed E-state index contributed by atoms with van der Waals surface area (Å²) >= 11 is 0. The number of hydrogen-bond donors (Lipinski definition) is 2. The van der Waals surface area contributed by atoms with Crippen molar-refractivity contribution in [3.63, 3.8) is 0 Å². The molecule has 0 aromatic heterocycles. The Hall–Kier alpha value is -2.87. The first-order chi connectivity index (χ1) is 12.3. The van der Waals surface area contributed by atoms with Crippen LogP contribution < -0.4 is 10.1 Å². The van der Waals surface area contributed by atoms with E-state index in [-0.39, 0.29) is 34.1 Å². The van der Waals surface area contributed by atoms with Gasteiger partial charge in [-0.25, -0.2) is 13.2 Å². The highest BCUT2D eigenvalue weighted by atomic mass is 32.2. The molecule has 0 spiro atoms. The molecule has 0 saturated heterocycles. The maximum absolute atomic E-state index is 12.2. The van der Waals surface area contributed by atoms with Gasteiger partial charge in [-0.1, -0.05) is 19.1 Å². The first-order valence-electron chi connectivity index (χ1n) is 7.79. The second-order valence-corrected chi connectivity index (χ2v) is 7.73. The Kier molecular flexibility index (Phi) is 5.99. The molecular weight excluding hydrogens is 358 g/mol. The van der Waals surface area contributed by atoms with Gasteiger partial charge in [0.25, 0.3) is 5.91 Å². The van der Waals surface area contributed by atoms with Crippen LogP contribution >= 0.6 is 0 Å². The second kappa shape index (κ2) is 8.01. The van der Waals surface area contributed by atoms with Crippen LogP contribution in [0.1, 0.15) is 33.2 Å². The van der Waals surface area contributed by atoms with Crippen molar-refractivity contribution in [3.8, 4) is 5.75 Å². The van der Waals surface area contributed by atoms with Gasteiger partial charge in [0.15, 0.2) is 9.84 Å². The van der Waals surface area contributed by atoms with Gasteiger partial charge in [-0.05, 0) is 35.9 Å². The molecule has 0 atom stereocenters. The van der Waals surface area contributed by atoms with Crippen molar-refractivity contribution in [1.29, 1.82) is 0 Å². The first-order valence-corrected chi connectivity index (χ1v) is 9.45. The summed E-state index contributed by atoms with van der Waals surface area (Å²) in [6.45, 7) is 1.75. The van der Waals surface area contributed by atoms with Gasteiger partial charge < -0.3 is 15.2 Å². The van der Waals surface area contributed by atoms with Crippen LogP contribution in [0.4, 0.5) is 0 Å². The molecule has 0 heterocycles. The molecule has 2 rings (SSSR count). The molecule has 0 bridgehead atoms. The maximum atomic E-state index is 12.2. The average Bonchev–Trinajstić information content (AvgIpc) is 2.65. The van der Waals surface area contributed by atoms with Crippen molar-refractivity contribution < 1.29 is 27.9 Å². The summed E-state index contributed by atoms with van der Waals surface area (Å²) in [5.74, 6) is -1.45. The number of sulfone groups is 1. The van der Waals surface area contributed by atoms with E-state index in [9.17, 15) is 18.0 Å². The molecule has 138 valence electrons. The zero-order valence-corrected chi connectivity index (χ0v) is 15.2. The quantitative estimate of drug-likeness (QED) is 0.765. The first kappa shape index (κ1) is 19.5. The van der Waals surface area contributed by atoms with Crippen LogP contribution in [-0.2, 0) is 16.4 Å². The van der Waals surface area contributed by atoms with E-state index >= 15 is 0 Å². The molecule has 0 radical (unpaired) electrons. The molecule has 8 heteroatoms. The van der Waals surface area contributed by atoms with Gasteiger partial charge in [0.1, 0.15) is 11.3 Å². The van der Waals surface area contributed by atoms with Crippen LogP contribution in [0.3, 0.4) is 0 Å². The molecule has 2 aromatic rings. The Balaban J connectivity index is 2.09. The Morgan fingerprint density at radius 2 is 1.77 bits per heavy atom. The number of amides is 1. The van der Waals surface area contributed by atoms with E-state index < -0.39 is 21.7 Å². The summed E-state index contributed by atoms with van der Waals surface area (Å²) in [6, 6.07) is 10.4. The number of carboxylic acid groups (broad SMARTS) is 1. The number of hydrogen-bond acceptors (Lipinski definition) is 5. The number of rotatable bonds is 7. The van der Waals surface area contributed by atoms with Crippen LogP contribution in [0, 0.1) is 0 Å². The van der Waals surface area contributed by atoms with Crippen molar-refractivity contribution in [2.75, 3.05) is 12.9 Å². The van der Waals surface area contributed by atoms with Crippen molar-refractivity contribution in [2.45, 2.75) is 18.4 Å². The number of carbonyl (C=O) groups excluding carboxylic acids is 1. The Labute approximate surface area is 151 Å². The predicted octanol–water partition coefficient (Wildman–Crippen LogP) is 2.12. The van der Waals surface area contributed by atoms with Crippen LogP contribution in [0.2, 0.25) is 0 Å². The minimum absolute atomic E-state index is 0.0203. The van der Waals surface area contributed by atoms with E-state index in [1.165, 1.54) is 37.4 Å². The summed E-state index contributed by atoms with van der Waals surface area (Å²) in [4.78, 5) is 23.7. The van der Waals surface area contributed by atoms with Crippen molar-refractivity contribution >= 4 is 21.7 Å². The second-order valence-electron chi connectivity index (χ2n) is 5.45. The lowest BCUT2D eigenvalue weighted by Gasteiger charge is -2.09. The fourth-order valence-electron chi connectivity index (χ4n) is 2.28. The van der Waals surface area contributed by atoms with E-state index in [0.29, 0.717) is 0 Å². The maximum Gasteiger partial charge on any atom is 0.339 e. The summed E-state index contributed by atoms with van der Waals surface area (Å²) in [5, 5.41) is 11.8. The number of carboxylic acids is 1. The highest BCUT2D eigenvalue weighted by Gasteiger charge is 2.15. The zero-order chi connectivity index (χ0) is 19.3. The molecule has 2 N–H and O–H groups in total. The monoisotopic (exact) mass is 377 g/mol. The molecule has 0 aliphatic heterocycles. The Morgan fingerprint density at radius 3 is 2.31 bits per heavy atom. The average molecular weight is 377 g/mol. The third kappa shape index (κ3) is 4.40. The van der Waals surface area contributed by atoms with Crippen molar-refractivity contribution in [1.82, 2.24) is 5.32 Å². The summed E-state index contributed by atoms with van der Waals surface area (Å²) < 4.78 is 28.5. The SMILES string of the molecule is CCS(=O)(=O)c1ccc(CNC(=O)c2ccc(OC)c(C(=O)O)c2)cc1. The number of methoxy groups -OCH3 is 1. The lowest BCUT2D eigenvalue weighted by atomic mass is 10.1. The normalized spacial score (nSPS) is 11.0. The minimum atomic E-state index is -3.26. The molecule has 0 saturated carbocycles. The van der Waals surface area contributed by atoms with E-state index in [1.54, 1.807) is 19.1 Å². The van der Waals surface area contributed by atoms with Crippen LogP contribution in [0.25, 0.3) is 0 Å². The van der Waals surface area contributed by atoms with E-state index in [4.69, 9.17) is 9.84 Å². The molecule has 0 aliphatic rings. The lowest BCUT2D eigenvalue weighted by molar-refractivity contribution is 0.0693. The number of aromatic carboxylic acids is 1. The van der Waals surface area contributed by atoms with Gasteiger partial charge >= 0.3 is 5.97 Å². The topological polar surface area (TPSA) is 110 Å². The Bertz CT molecular complexity index is 919. The van der Waals surface area contributed by atoms with E-state index in [2.05, 4.69) is 5.32 Å². The third-order valence-electron chi connectivity index (χ3n) is 3.81. The predicted molar refractivity (Wildman–Crippen MR) is 95.3 cm³/mol. The van der Waals surface area contributed by atoms with Crippen LogP contribution in [0.5, 0.6) is 5.75 Å².